The van der Waals surface area contributed by atoms with E-state index in [0.717, 1.165) is 32.5 Å². The molecule has 18 heavy (non-hydrogen) atoms. The predicted octanol–water partition coefficient (Wildman–Crippen LogP) is 2.89. The molecule has 2 unspecified atom stereocenters. The molecular formula is C13H25F3N2. The molecule has 1 rings (SSSR count). The molecule has 0 radical (unpaired) electrons. The number of rotatable bonds is 5. The lowest BCUT2D eigenvalue weighted by molar-refractivity contribution is -0.127. The average molecular weight is 266 g/mol. The highest BCUT2D eigenvalue weighted by Crippen LogP contribution is 2.22. The van der Waals surface area contributed by atoms with Crippen LogP contribution in [0.5, 0.6) is 0 Å². The van der Waals surface area contributed by atoms with E-state index in [1.807, 2.05) is 0 Å². The van der Waals surface area contributed by atoms with Gasteiger partial charge in [0.25, 0.3) is 0 Å². The zero-order valence-electron chi connectivity index (χ0n) is 11.6. The maximum absolute atomic E-state index is 12.2. The highest BCUT2D eigenvalue weighted by molar-refractivity contribution is 4.84. The minimum absolute atomic E-state index is 0.0240. The summed E-state index contributed by atoms with van der Waals surface area (Å²) in [6, 6.07) is -0.0240. The Kier molecular flexibility index (Phi) is 5.92. The molecule has 0 amide bonds. The number of hydrogen-bond donors (Lipinski definition) is 1. The van der Waals surface area contributed by atoms with Gasteiger partial charge in [-0.25, -0.2) is 0 Å². The van der Waals surface area contributed by atoms with E-state index in [1.165, 1.54) is 0 Å². The molecule has 2 atom stereocenters. The molecule has 0 saturated carbocycles. The van der Waals surface area contributed by atoms with E-state index < -0.39 is 12.7 Å². The van der Waals surface area contributed by atoms with Gasteiger partial charge in [0.2, 0.25) is 0 Å². The zero-order valence-corrected chi connectivity index (χ0v) is 11.6. The van der Waals surface area contributed by atoms with Gasteiger partial charge in [-0.05, 0) is 18.3 Å². The third-order valence-corrected chi connectivity index (χ3v) is 3.40. The number of halogens is 3. The first-order chi connectivity index (χ1) is 8.30. The Labute approximate surface area is 108 Å². The fourth-order valence-corrected chi connectivity index (χ4v) is 2.67. The molecule has 1 fully saturated rings. The SMILES string of the molecule is CCC1CC(NCC(F)(F)F)CN(CC(C)C)C1. The fraction of sp³-hybridized carbons (Fsp3) is 1.00. The second-order valence-electron chi connectivity index (χ2n) is 5.82. The van der Waals surface area contributed by atoms with Crippen LogP contribution >= 0.6 is 0 Å². The monoisotopic (exact) mass is 266 g/mol. The van der Waals surface area contributed by atoms with Crippen LogP contribution in [-0.4, -0.2) is 43.3 Å². The van der Waals surface area contributed by atoms with Crippen molar-refractivity contribution in [2.45, 2.75) is 45.8 Å². The number of hydrogen-bond acceptors (Lipinski definition) is 2. The number of nitrogens with one attached hydrogen (secondary N) is 1. The zero-order chi connectivity index (χ0) is 13.8. The first-order valence-electron chi connectivity index (χ1n) is 6.82. The van der Waals surface area contributed by atoms with Gasteiger partial charge in [-0.3, -0.25) is 0 Å². The second-order valence-corrected chi connectivity index (χ2v) is 5.82. The normalized spacial score (nSPS) is 26.8. The van der Waals surface area contributed by atoms with Gasteiger partial charge in [0.05, 0.1) is 6.54 Å². The number of piperidine rings is 1. The topological polar surface area (TPSA) is 15.3 Å². The van der Waals surface area contributed by atoms with Gasteiger partial charge >= 0.3 is 6.18 Å². The maximum Gasteiger partial charge on any atom is 0.401 e. The molecule has 1 N–H and O–H groups in total. The van der Waals surface area contributed by atoms with E-state index in [0.29, 0.717) is 11.8 Å². The molecule has 108 valence electrons. The quantitative estimate of drug-likeness (QED) is 0.823. The second kappa shape index (κ2) is 6.75. The summed E-state index contributed by atoms with van der Waals surface area (Å²) >= 11 is 0. The molecule has 5 heteroatoms. The Morgan fingerprint density at radius 1 is 1.28 bits per heavy atom. The molecule has 0 spiro atoms. The van der Waals surface area contributed by atoms with Crippen molar-refractivity contribution in [2.75, 3.05) is 26.2 Å². The Bertz CT molecular complexity index is 241. The first-order valence-corrected chi connectivity index (χ1v) is 6.82. The Balaban J connectivity index is 2.46. The van der Waals surface area contributed by atoms with Crippen molar-refractivity contribution in [1.29, 1.82) is 0 Å². The molecule has 0 aromatic rings. The molecular weight excluding hydrogens is 241 g/mol. The largest absolute Gasteiger partial charge is 0.401 e. The van der Waals surface area contributed by atoms with Crippen molar-refractivity contribution in [2.24, 2.45) is 11.8 Å². The van der Waals surface area contributed by atoms with E-state index >= 15 is 0 Å². The summed E-state index contributed by atoms with van der Waals surface area (Å²) in [4.78, 5) is 2.30. The molecule has 0 aromatic heterocycles. The summed E-state index contributed by atoms with van der Waals surface area (Å²) in [5.74, 6) is 1.08. The van der Waals surface area contributed by atoms with Crippen molar-refractivity contribution in [1.82, 2.24) is 10.2 Å². The van der Waals surface area contributed by atoms with Gasteiger partial charge < -0.3 is 10.2 Å². The van der Waals surface area contributed by atoms with Crippen LogP contribution in [-0.2, 0) is 0 Å². The minimum Gasteiger partial charge on any atom is -0.305 e. The summed E-state index contributed by atoms with van der Waals surface area (Å²) < 4.78 is 36.7. The lowest BCUT2D eigenvalue weighted by Gasteiger charge is -2.39. The van der Waals surface area contributed by atoms with Crippen LogP contribution < -0.4 is 5.32 Å². The molecule has 1 aliphatic rings. The summed E-state index contributed by atoms with van der Waals surface area (Å²) in [6.45, 7) is 8.28. The van der Waals surface area contributed by atoms with Crippen LogP contribution in [0.15, 0.2) is 0 Å². The van der Waals surface area contributed by atoms with Gasteiger partial charge in [0, 0.05) is 25.7 Å². The number of likely N-dealkylation sites (tertiary alicyclic amines) is 1. The number of nitrogens with zero attached hydrogens (tertiary/aromatic N) is 1. The van der Waals surface area contributed by atoms with Crippen LogP contribution in [0.2, 0.25) is 0 Å². The molecule has 1 aliphatic heterocycles. The Morgan fingerprint density at radius 3 is 2.44 bits per heavy atom. The summed E-state index contributed by atoms with van der Waals surface area (Å²) in [6.07, 6.45) is -2.21. The summed E-state index contributed by atoms with van der Waals surface area (Å²) in [7, 11) is 0. The third kappa shape index (κ3) is 6.05. The van der Waals surface area contributed by atoms with Crippen LogP contribution in [0.1, 0.15) is 33.6 Å². The van der Waals surface area contributed by atoms with E-state index in [2.05, 4.69) is 31.0 Å². The van der Waals surface area contributed by atoms with Gasteiger partial charge in [-0.15, -0.1) is 0 Å². The molecule has 1 heterocycles. The van der Waals surface area contributed by atoms with Gasteiger partial charge in [-0.1, -0.05) is 27.2 Å². The van der Waals surface area contributed by atoms with Gasteiger partial charge in [0.15, 0.2) is 0 Å². The third-order valence-electron chi connectivity index (χ3n) is 3.40. The van der Waals surface area contributed by atoms with Crippen LogP contribution in [0, 0.1) is 11.8 Å². The number of alkyl halides is 3. The van der Waals surface area contributed by atoms with E-state index in [-0.39, 0.29) is 6.04 Å². The van der Waals surface area contributed by atoms with E-state index in [4.69, 9.17) is 0 Å². The molecule has 0 bridgehead atoms. The highest BCUT2D eigenvalue weighted by Gasteiger charge is 2.31. The van der Waals surface area contributed by atoms with Crippen molar-refractivity contribution >= 4 is 0 Å². The van der Waals surface area contributed by atoms with E-state index in [1.54, 1.807) is 0 Å². The molecule has 1 saturated heterocycles. The summed E-state index contributed by atoms with van der Waals surface area (Å²) in [5.41, 5.74) is 0. The minimum atomic E-state index is -4.11. The molecule has 2 nitrogen and oxygen atoms in total. The van der Waals surface area contributed by atoms with Crippen molar-refractivity contribution in [3.63, 3.8) is 0 Å². The first kappa shape index (κ1) is 15.8. The summed E-state index contributed by atoms with van der Waals surface area (Å²) in [5, 5.41) is 2.66. The maximum atomic E-state index is 12.2. The predicted molar refractivity (Wildman–Crippen MR) is 67.5 cm³/mol. The van der Waals surface area contributed by atoms with Crippen LogP contribution in [0.3, 0.4) is 0 Å². The van der Waals surface area contributed by atoms with Crippen molar-refractivity contribution in [3.8, 4) is 0 Å². The van der Waals surface area contributed by atoms with Crippen LogP contribution in [0.25, 0.3) is 0 Å². The molecule has 0 aromatic carbocycles. The van der Waals surface area contributed by atoms with Gasteiger partial charge in [0.1, 0.15) is 0 Å². The fourth-order valence-electron chi connectivity index (χ4n) is 2.67. The Hall–Kier alpha value is -0.290. The standard InChI is InChI=1S/C13H25F3N2/c1-4-11-5-12(17-9-13(14,15)16)8-18(7-11)6-10(2)3/h10-12,17H,4-9H2,1-3H3. The van der Waals surface area contributed by atoms with Gasteiger partial charge in [-0.2, -0.15) is 13.2 Å². The lowest BCUT2D eigenvalue weighted by atomic mass is 9.91. The average Bonchev–Trinajstić information content (AvgIpc) is 2.24. The van der Waals surface area contributed by atoms with Crippen LogP contribution in [0.4, 0.5) is 13.2 Å². The smallest absolute Gasteiger partial charge is 0.305 e. The molecule has 0 aliphatic carbocycles. The van der Waals surface area contributed by atoms with Crippen molar-refractivity contribution in [3.05, 3.63) is 0 Å². The van der Waals surface area contributed by atoms with E-state index in [9.17, 15) is 13.2 Å². The lowest BCUT2D eigenvalue weighted by Crippen LogP contribution is -2.51. The Morgan fingerprint density at radius 2 is 1.94 bits per heavy atom. The highest BCUT2D eigenvalue weighted by atomic mass is 19.4. The van der Waals surface area contributed by atoms with Crippen molar-refractivity contribution < 1.29 is 13.2 Å².